The molecule has 1 heterocycles. The van der Waals surface area contributed by atoms with Gasteiger partial charge in [0.05, 0.1) is 12.1 Å². The summed E-state index contributed by atoms with van der Waals surface area (Å²) in [6, 6.07) is -0.658. The number of alkyl carbamates (subject to hydrolysis) is 1. The largest absolute Gasteiger partial charge is 0.481 e. The van der Waals surface area contributed by atoms with Crippen molar-refractivity contribution >= 4 is 71.1 Å². The van der Waals surface area contributed by atoms with Gasteiger partial charge >= 0.3 is 24.0 Å². The lowest BCUT2D eigenvalue weighted by atomic mass is 9.98. The Kier molecular flexibility index (Phi) is 25.9. The molecule has 24 heteroatoms. The highest BCUT2D eigenvalue weighted by molar-refractivity contribution is 6.38. The van der Waals surface area contributed by atoms with Crippen molar-refractivity contribution in [1.82, 2.24) is 42.1 Å². The third kappa shape index (κ3) is 22.2. The van der Waals surface area contributed by atoms with E-state index >= 15 is 0 Å². The van der Waals surface area contributed by atoms with Crippen LogP contribution in [-0.2, 0) is 73.6 Å². The Morgan fingerprint density at radius 3 is 1.92 bits per heavy atom. The molecule has 0 radical (unpaired) electrons. The summed E-state index contributed by atoms with van der Waals surface area (Å²) in [6.45, 7) is 16.3. The number of aliphatic carboxylic acids is 1. The van der Waals surface area contributed by atoms with Crippen molar-refractivity contribution in [3.8, 4) is 0 Å². The SMILES string of the molecule is C=CCOC(=O)CNC(=O)C(=O)C(CCC)NC(=O)C1CC(NC(=O)OCc2ccccc2)CN1C(=O)C(NC(=O)C(NC(=O)C(CCC(=O)OC(C)(C)C)NC(=O)C(CCC(=O)O)NC(C)=O)C(C)C)C(C)C. The molecule has 7 unspecified atom stereocenters. The molecule has 2 rings (SSSR count). The van der Waals surface area contributed by atoms with Crippen LogP contribution in [-0.4, -0.2) is 149 Å². The minimum Gasteiger partial charge on any atom is -0.481 e. The molecule has 0 saturated carbocycles. The predicted octanol–water partition coefficient (Wildman–Crippen LogP) is 0.840. The molecule has 1 aliphatic heterocycles. The van der Waals surface area contributed by atoms with Crippen LogP contribution in [0.15, 0.2) is 43.0 Å². The van der Waals surface area contributed by atoms with Gasteiger partial charge in [0.25, 0.3) is 5.91 Å². The zero-order chi connectivity index (χ0) is 55.9. The van der Waals surface area contributed by atoms with Gasteiger partial charge in [0.15, 0.2) is 0 Å². The number of hydrogen-bond donors (Lipinski definition) is 8. The molecular weight excluding hydrogens is 969 g/mol. The maximum atomic E-state index is 14.7. The van der Waals surface area contributed by atoms with Gasteiger partial charge in [0.1, 0.15) is 55.6 Å². The zero-order valence-corrected chi connectivity index (χ0v) is 43.7. The van der Waals surface area contributed by atoms with Gasteiger partial charge in [-0.05, 0) is 63.9 Å². The second-order valence-corrected chi connectivity index (χ2v) is 19.3. The Morgan fingerprint density at radius 2 is 1.35 bits per heavy atom. The predicted molar refractivity (Wildman–Crippen MR) is 265 cm³/mol. The number of nitrogens with one attached hydrogen (secondary N) is 7. The first-order valence-electron chi connectivity index (χ1n) is 24.5. The molecule has 0 bridgehead atoms. The van der Waals surface area contributed by atoms with E-state index in [-0.39, 0.29) is 45.4 Å². The summed E-state index contributed by atoms with van der Waals surface area (Å²) >= 11 is 0. The van der Waals surface area contributed by atoms with E-state index in [0.717, 1.165) is 11.8 Å². The van der Waals surface area contributed by atoms with E-state index in [2.05, 4.69) is 43.8 Å². The Labute approximate surface area is 430 Å². The smallest absolute Gasteiger partial charge is 0.407 e. The Morgan fingerprint density at radius 1 is 0.757 bits per heavy atom. The molecule has 0 aliphatic carbocycles. The first-order chi connectivity index (χ1) is 34.7. The number of carboxylic acids is 1. The van der Waals surface area contributed by atoms with Crippen LogP contribution in [0, 0.1) is 11.8 Å². The van der Waals surface area contributed by atoms with Gasteiger partial charge in [-0.3, -0.25) is 52.7 Å². The molecule has 0 spiro atoms. The molecule has 1 aromatic rings. The number of Topliss-reactive ketones (excluding diaryl/α,β-unsaturated/α-hetero) is 1. The summed E-state index contributed by atoms with van der Waals surface area (Å²) < 4.78 is 15.6. The lowest BCUT2D eigenvalue weighted by molar-refractivity contribution is -0.155. The lowest BCUT2D eigenvalue weighted by Crippen LogP contribution is -2.61. The summed E-state index contributed by atoms with van der Waals surface area (Å²) in [7, 11) is 0. The number of carboxylic acid groups (broad SMARTS) is 1. The average Bonchev–Trinajstić information content (AvgIpc) is 3.75. The fourth-order valence-corrected chi connectivity index (χ4v) is 7.49. The second kappa shape index (κ2) is 30.6. The second-order valence-electron chi connectivity index (χ2n) is 19.3. The van der Waals surface area contributed by atoms with Crippen LogP contribution < -0.4 is 37.2 Å². The Bertz CT molecular complexity index is 2180. The Balaban J connectivity index is 2.47. The first-order valence-corrected chi connectivity index (χ1v) is 24.5. The lowest BCUT2D eigenvalue weighted by Gasteiger charge is -2.33. The number of amides is 8. The van der Waals surface area contributed by atoms with E-state index in [1.807, 2.05) is 0 Å². The topological polar surface area (TPSA) is 340 Å². The van der Waals surface area contributed by atoms with Crippen LogP contribution in [0.2, 0.25) is 0 Å². The number of nitrogens with zero attached hydrogens (tertiary/aromatic N) is 1. The molecule has 1 saturated heterocycles. The first kappa shape index (κ1) is 62.7. The number of benzene rings is 1. The molecule has 0 aromatic heterocycles. The van der Waals surface area contributed by atoms with Gasteiger partial charge in [-0.15, -0.1) is 0 Å². The number of hydrogen-bond acceptors (Lipinski definition) is 15. The van der Waals surface area contributed by atoms with Gasteiger partial charge in [0.2, 0.25) is 41.2 Å². The summed E-state index contributed by atoms with van der Waals surface area (Å²) in [6.07, 6.45) is -1.08. The van der Waals surface area contributed by atoms with Crippen LogP contribution in [0.3, 0.4) is 0 Å². The molecule has 8 N–H and O–H groups in total. The quantitative estimate of drug-likeness (QED) is 0.0239. The number of rotatable bonds is 29. The number of carbonyl (C=O) groups excluding carboxylic acids is 11. The molecule has 1 aromatic carbocycles. The fraction of sp³-hybridized carbons (Fsp3) is 0.600. The molecule has 1 aliphatic rings. The van der Waals surface area contributed by atoms with Gasteiger partial charge in [-0.1, -0.05) is 84.0 Å². The molecule has 410 valence electrons. The van der Waals surface area contributed by atoms with Crippen LogP contribution in [0.25, 0.3) is 0 Å². The number of likely N-dealkylation sites (tertiary alicyclic amines) is 1. The normalized spacial score (nSPS) is 16.2. The van der Waals surface area contributed by atoms with E-state index in [0.29, 0.717) is 12.0 Å². The third-order valence-corrected chi connectivity index (χ3v) is 11.1. The van der Waals surface area contributed by atoms with Crippen LogP contribution in [0.5, 0.6) is 0 Å². The van der Waals surface area contributed by atoms with Gasteiger partial charge in [-0.2, -0.15) is 0 Å². The molecule has 74 heavy (non-hydrogen) atoms. The number of carbonyl (C=O) groups is 12. The van der Waals surface area contributed by atoms with E-state index < -0.39 is 150 Å². The van der Waals surface area contributed by atoms with E-state index in [1.54, 1.807) is 85.7 Å². The van der Waals surface area contributed by atoms with Crippen molar-refractivity contribution in [2.45, 2.75) is 162 Å². The number of ether oxygens (including phenoxy) is 3. The molecule has 1 fully saturated rings. The maximum absolute atomic E-state index is 14.7. The zero-order valence-electron chi connectivity index (χ0n) is 43.7. The van der Waals surface area contributed by atoms with Crippen molar-refractivity contribution in [2.75, 3.05) is 19.7 Å². The van der Waals surface area contributed by atoms with Crippen molar-refractivity contribution in [1.29, 1.82) is 0 Å². The highest BCUT2D eigenvalue weighted by Crippen LogP contribution is 2.23. The molecule has 8 amide bonds. The molecular formula is C50H74N8O16. The summed E-state index contributed by atoms with van der Waals surface area (Å²) in [5.74, 6) is -11.6. The van der Waals surface area contributed by atoms with E-state index in [1.165, 1.54) is 6.08 Å². The fourth-order valence-electron chi connectivity index (χ4n) is 7.49. The van der Waals surface area contributed by atoms with Gasteiger partial charge in [-0.25, -0.2) is 4.79 Å². The van der Waals surface area contributed by atoms with Crippen molar-refractivity contribution in [3.05, 3.63) is 48.6 Å². The van der Waals surface area contributed by atoms with Crippen LogP contribution >= 0.6 is 0 Å². The van der Waals surface area contributed by atoms with E-state index in [4.69, 9.17) is 14.2 Å². The minimum atomic E-state index is -1.53. The monoisotopic (exact) mass is 1040 g/mol. The standard InChI is InChI=1S/C50H74N8O16/c1-11-16-33(42(64)47(69)51-25-39(63)72-23-12-2)54-45(67)36-24-32(53-49(71)73-27-31-17-14-13-15-18-31)26-58(36)48(70)41(29(5)6)57-46(68)40(28(3)4)56-44(66)35(20-22-38(62)74-50(8,9)10)55-43(65)34(52-30(7)59)19-21-37(60)61/h12-15,17-18,28-29,32-36,40-41H,2,11,16,19-27H2,1,3-10H3,(H,51,69)(H,52,59)(H,53,71)(H,54,67)(H,55,65)(H,56,66)(H,57,68)(H,60,61). The summed E-state index contributed by atoms with van der Waals surface area (Å²) in [5.41, 5.74) is -0.218. The van der Waals surface area contributed by atoms with Gasteiger partial charge < -0.3 is 61.4 Å². The van der Waals surface area contributed by atoms with E-state index in [9.17, 15) is 62.6 Å². The minimum absolute atomic E-state index is 0.0216. The van der Waals surface area contributed by atoms with Crippen molar-refractivity contribution < 1.29 is 76.9 Å². The van der Waals surface area contributed by atoms with Crippen molar-refractivity contribution in [2.24, 2.45) is 11.8 Å². The molecule has 7 atom stereocenters. The van der Waals surface area contributed by atoms with Gasteiger partial charge in [0, 0.05) is 26.3 Å². The maximum Gasteiger partial charge on any atom is 0.407 e. The van der Waals surface area contributed by atoms with Crippen molar-refractivity contribution in [3.63, 3.8) is 0 Å². The third-order valence-electron chi connectivity index (χ3n) is 11.1. The highest BCUT2D eigenvalue weighted by atomic mass is 16.6. The average molecular weight is 1040 g/mol. The van der Waals surface area contributed by atoms with Crippen LogP contribution in [0.1, 0.15) is 113 Å². The Hall–Kier alpha value is -7.40. The molecule has 24 nitrogen and oxygen atoms in total. The number of esters is 2. The highest BCUT2D eigenvalue weighted by Gasteiger charge is 2.45. The number of ketones is 1. The summed E-state index contributed by atoms with van der Waals surface area (Å²) in [5, 5.41) is 26.7. The van der Waals surface area contributed by atoms with Crippen LogP contribution in [0.4, 0.5) is 4.79 Å². The summed E-state index contributed by atoms with van der Waals surface area (Å²) in [4.78, 5) is 159.